The van der Waals surface area contributed by atoms with Crippen molar-refractivity contribution in [2.75, 3.05) is 5.75 Å². The van der Waals surface area contributed by atoms with E-state index in [1.54, 1.807) is 13.8 Å². The summed E-state index contributed by atoms with van der Waals surface area (Å²) in [6.07, 6.45) is -0.101. The number of carboxylic acids is 2. The number of carboxylic acid groups (broad SMARTS) is 2. The van der Waals surface area contributed by atoms with Crippen LogP contribution in [0.5, 0.6) is 0 Å². The van der Waals surface area contributed by atoms with E-state index >= 15 is 0 Å². The fourth-order valence-corrected chi connectivity index (χ4v) is 2.33. The van der Waals surface area contributed by atoms with Gasteiger partial charge in [0.15, 0.2) is 0 Å². The summed E-state index contributed by atoms with van der Waals surface area (Å²) in [4.78, 5) is 58.3. The minimum atomic E-state index is -1.34. The van der Waals surface area contributed by atoms with Crippen LogP contribution >= 0.6 is 12.6 Å². The molecule has 0 aliphatic carbocycles. The molecule has 0 aromatic rings. The minimum Gasteiger partial charge on any atom is -0.481 e. The number of aliphatic carboxylic acids is 2. The molecule has 0 aromatic heterocycles. The Labute approximate surface area is 168 Å². The number of hydrogen-bond donors (Lipinski definition) is 7. The van der Waals surface area contributed by atoms with E-state index in [-0.39, 0.29) is 11.7 Å². The van der Waals surface area contributed by atoms with Gasteiger partial charge in [-0.05, 0) is 12.8 Å². The molecule has 0 aliphatic rings. The molecule has 0 aromatic carbocycles. The number of rotatable bonds is 12. The topological polar surface area (TPSA) is 188 Å². The lowest BCUT2D eigenvalue weighted by Gasteiger charge is -2.27. The van der Waals surface area contributed by atoms with Crippen LogP contribution in [0.25, 0.3) is 0 Å². The van der Waals surface area contributed by atoms with Crippen molar-refractivity contribution in [1.29, 1.82) is 0 Å². The summed E-state index contributed by atoms with van der Waals surface area (Å²) < 4.78 is 0. The first-order valence-corrected chi connectivity index (χ1v) is 9.29. The molecule has 0 fully saturated rings. The van der Waals surface area contributed by atoms with Crippen molar-refractivity contribution in [3.05, 3.63) is 0 Å². The molecule has 5 unspecified atom stereocenters. The molecule has 0 heterocycles. The predicted octanol–water partition coefficient (Wildman–Crippen LogP) is -1.68. The highest BCUT2D eigenvalue weighted by Crippen LogP contribution is 2.09. The summed E-state index contributed by atoms with van der Waals surface area (Å²) in [6, 6.07) is -4.69. The van der Waals surface area contributed by atoms with Crippen molar-refractivity contribution in [3.8, 4) is 0 Å². The Morgan fingerprint density at radius 3 is 1.96 bits per heavy atom. The van der Waals surface area contributed by atoms with Crippen LogP contribution in [0.4, 0.5) is 0 Å². The Morgan fingerprint density at radius 1 is 0.964 bits per heavy atom. The maximum Gasteiger partial charge on any atom is 0.325 e. The normalized spacial score (nSPS) is 16.0. The number of carbonyl (C=O) groups excluding carboxylic acids is 3. The number of thiol groups is 1. The predicted molar refractivity (Wildman–Crippen MR) is 103 cm³/mol. The molecular weight excluding hydrogens is 392 g/mol. The average Bonchev–Trinajstić information content (AvgIpc) is 2.61. The van der Waals surface area contributed by atoms with Gasteiger partial charge in [0.25, 0.3) is 0 Å². The molecule has 0 radical (unpaired) electrons. The van der Waals surface area contributed by atoms with Crippen LogP contribution in [0.1, 0.15) is 33.6 Å². The molecule has 0 spiro atoms. The summed E-state index contributed by atoms with van der Waals surface area (Å²) in [7, 11) is 0. The number of carbonyl (C=O) groups is 5. The smallest absolute Gasteiger partial charge is 0.325 e. The average molecular weight is 420 g/mol. The number of hydrogen-bond acceptors (Lipinski definition) is 7. The molecule has 0 bridgehead atoms. The molecule has 0 rings (SSSR count). The van der Waals surface area contributed by atoms with Gasteiger partial charge in [-0.2, -0.15) is 12.6 Å². The van der Waals surface area contributed by atoms with Gasteiger partial charge < -0.3 is 31.9 Å². The summed E-state index contributed by atoms with van der Waals surface area (Å²) in [5.74, 6) is -5.19. The molecule has 11 nitrogen and oxygen atoms in total. The molecule has 28 heavy (non-hydrogen) atoms. The summed E-state index contributed by atoms with van der Waals surface area (Å²) in [6.45, 7) is 4.74. The van der Waals surface area contributed by atoms with Crippen LogP contribution in [0.2, 0.25) is 0 Å². The second-order valence-electron chi connectivity index (χ2n) is 6.39. The fourth-order valence-electron chi connectivity index (χ4n) is 2.07. The van der Waals surface area contributed by atoms with Gasteiger partial charge in [0.05, 0.1) is 12.5 Å². The second kappa shape index (κ2) is 12.2. The zero-order valence-electron chi connectivity index (χ0n) is 16.0. The van der Waals surface area contributed by atoms with Crippen LogP contribution < -0.4 is 21.7 Å². The quantitative estimate of drug-likeness (QED) is 0.182. The Bertz CT molecular complexity index is 602. The van der Waals surface area contributed by atoms with E-state index in [9.17, 15) is 24.0 Å². The van der Waals surface area contributed by atoms with E-state index < -0.39 is 60.2 Å². The second-order valence-corrected chi connectivity index (χ2v) is 6.75. The first-order chi connectivity index (χ1) is 12.9. The van der Waals surface area contributed by atoms with Gasteiger partial charge in [-0.1, -0.05) is 20.3 Å². The molecule has 3 amide bonds. The molecule has 0 saturated carbocycles. The van der Waals surface area contributed by atoms with Crippen LogP contribution in [0.3, 0.4) is 0 Å². The lowest BCUT2D eigenvalue weighted by molar-refractivity contribution is -0.141. The van der Waals surface area contributed by atoms with Gasteiger partial charge in [0.2, 0.25) is 17.7 Å². The van der Waals surface area contributed by atoms with Crippen molar-refractivity contribution in [3.63, 3.8) is 0 Å². The maximum absolute atomic E-state index is 12.6. The third-order valence-electron chi connectivity index (χ3n) is 4.07. The fraction of sp³-hybridized carbons (Fsp3) is 0.688. The first kappa shape index (κ1) is 25.7. The van der Waals surface area contributed by atoms with E-state index in [1.807, 2.05) is 0 Å². The number of nitrogens with two attached hydrogens (primary N) is 1. The van der Waals surface area contributed by atoms with Gasteiger partial charge in [0, 0.05) is 5.75 Å². The number of amides is 3. The molecule has 7 N–H and O–H groups in total. The van der Waals surface area contributed by atoms with Crippen molar-refractivity contribution in [2.45, 2.75) is 57.8 Å². The van der Waals surface area contributed by atoms with Crippen LogP contribution in [0, 0.1) is 5.92 Å². The van der Waals surface area contributed by atoms with E-state index in [0.29, 0.717) is 6.42 Å². The summed E-state index contributed by atoms with van der Waals surface area (Å²) in [5, 5.41) is 24.6. The standard InChI is InChI=1S/C16H28N4O7S/c1-4-7(2)12(20-13(23)9(17)5-11(21)22)15(25)19-10(6-28)14(24)18-8(3)16(26)27/h7-10,12,28H,4-6,17H2,1-3H3,(H,18,24)(H,19,25)(H,20,23)(H,21,22)(H,26,27). The van der Waals surface area contributed by atoms with Gasteiger partial charge in [-0.3, -0.25) is 24.0 Å². The molecule has 0 aliphatic heterocycles. The van der Waals surface area contributed by atoms with Gasteiger partial charge in [-0.25, -0.2) is 0 Å². The van der Waals surface area contributed by atoms with Gasteiger partial charge in [-0.15, -0.1) is 0 Å². The summed E-state index contributed by atoms with van der Waals surface area (Å²) >= 11 is 3.99. The van der Waals surface area contributed by atoms with Gasteiger partial charge >= 0.3 is 11.9 Å². The number of nitrogens with one attached hydrogen (secondary N) is 3. The molecular formula is C16H28N4O7S. The van der Waals surface area contributed by atoms with Crippen LogP contribution in [-0.2, 0) is 24.0 Å². The first-order valence-electron chi connectivity index (χ1n) is 8.66. The Balaban J connectivity index is 5.18. The zero-order chi connectivity index (χ0) is 22.0. The molecule has 160 valence electrons. The van der Waals surface area contributed by atoms with E-state index in [1.165, 1.54) is 6.92 Å². The largest absolute Gasteiger partial charge is 0.481 e. The van der Waals surface area contributed by atoms with Crippen LogP contribution in [0.15, 0.2) is 0 Å². The molecule has 5 atom stereocenters. The Hall–Kier alpha value is -2.34. The van der Waals surface area contributed by atoms with E-state index in [2.05, 4.69) is 28.6 Å². The van der Waals surface area contributed by atoms with Crippen molar-refractivity contribution < 1.29 is 34.2 Å². The van der Waals surface area contributed by atoms with Gasteiger partial charge in [0.1, 0.15) is 18.1 Å². The van der Waals surface area contributed by atoms with Crippen LogP contribution in [-0.4, -0.2) is 69.8 Å². The third kappa shape index (κ3) is 8.57. The highest BCUT2D eigenvalue weighted by molar-refractivity contribution is 7.80. The van der Waals surface area contributed by atoms with Crippen molar-refractivity contribution in [1.82, 2.24) is 16.0 Å². The van der Waals surface area contributed by atoms with E-state index in [4.69, 9.17) is 15.9 Å². The summed E-state index contributed by atoms with van der Waals surface area (Å²) in [5.41, 5.74) is 5.51. The lowest BCUT2D eigenvalue weighted by atomic mass is 9.97. The highest BCUT2D eigenvalue weighted by Gasteiger charge is 2.31. The molecule has 12 heteroatoms. The monoisotopic (exact) mass is 420 g/mol. The van der Waals surface area contributed by atoms with Crippen molar-refractivity contribution >= 4 is 42.3 Å². The maximum atomic E-state index is 12.6. The Morgan fingerprint density at radius 2 is 1.54 bits per heavy atom. The van der Waals surface area contributed by atoms with Crippen molar-refractivity contribution in [2.24, 2.45) is 11.7 Å². The zero-order valence-corrected chi connectivity index (χ0v) is 16.9. The van der Waals surface area contributed by atoms with E-state index in [0.717, 1.165) is 0 Å². The SMILES string of the molecule is CCC(C)C(NC(=O)C(N)CC(=O)O)C(=O)NC(CS)C(=O)NC(C)C(=O)O. The lowest BCUT2D eigenvalue weighted by Crippen LogP contribution is -2.59. The third-order valence-corrected chi connectivity index (χ3v) is 4.43. The minimum absolute atomic E-state index is 0.108. The Kier molecular flexibility index (Phi) is 11.2. The molecule has 0 saturated heterocycles. The highest BCUT2D eigenvalue weighted by atomic mass is 32.1.